The molecule has 0 radical (unpaired) electrons. The van der Waals surface area contributed by atoms with Crippen molar-refractivity contribution >= 4 is 16.7 Å². The molecule has 0 aromatic heterocycles. The van der Waals surface area contributed by atoms with Gasteiger partial charge in [0.1, 0.15) is 0 Å². The van der Waals surface area contributed by atoms with Gasteiger partial charge in [-0.3, -0.25) is 4.79 Å². The molecular formula is C18H21NO3. The van der Waals surface area contributed by atoms with Crippen LogP contribution < -0.4 is 5.32 Å². The lowest BCUT2D eigenvalue weighted by Gasteiger charge is -2.22. The predicted octanol–water partition coefficient (Wildman–Crippen LogP) is 2.47. The predicted molar refractivity (Wildman–Crippen MR) is 85.9 cm³/mol. The molecule has 1 unspecified atom stereocenters. The fraction of sp³-hybridized carbons (Fsp3) is 0.389. The Hall–Kier alpha value is -1.91. The van der Waals surface area contributed by atoms with Crippen LogP contribution in [0.4, 0.5) is 0 Å². The Morgan fingerprint density at radius 3 is 2.64 bits per heavy atom. The first-order valence-electron chi connectivity index (χ1n) is 7.55. The maximum Gasteiger partial charge on any atom is 0.314 e. The molecule has 0 aliphatic carbocycles. The summed E-state index contributed by atoms with van der Waals surface area (Å²) in [6.07, 6.45) is 0.959. The number of carbonyl (C=O) groups excluding carboxylic acids is 1. The van der Waals surface area contributed by atoms with Crippen molar-refractivity contribution in [2.45, 2.75) is 24.5 Å². The van der Waals surface area contributed by atoms with Crippen LogP contribution in [0, 0.1) is 0 Å². The fourth-order valence-corrected chi connectivity index (χ4v) is 3.23. The van der Waals surface area contributed by atoms with Crippen LogP contribution in [0.15, 0.2) is 42.5 Å². The number of rotatable bonds is 4. The molecule has 1 N–H and O–H groups in total. The first-order valence-corrected chi connectivity index (χ1v) is 7.55. The van der Waals surface area contributed by atoms with Gasteiger partial charge >= 0.3 is 5.97 Å². The molecule has 22 heavy (non-hydrogen) atoms. The molecule has 1 aliphatic heterocycles. The highest BCUT2D eigenvalue weighted by Gasteiger charge is 2.36. The zero-order valence-corrected chi connectivity index (χ0v) is 12.9. The van der Waals surface area contributed by atoms with E-state index in [0.717, 1.165) is 23.9 Å². The zero-order chi connectivity index (χ0) is 15.5. The second-order valence-electron chi connectivity index (χ2n) is 5.72. The Labute approximate surface area is 130 Å². The lowest BCUT2D eigenvalue weighted by atomic mass is 9.89. The van der Waals surface area contributed by atoms with Crippen LogP contribution in [0.25, 0.3) is 10.8 Å². The molecule has 0 bridgehead atoms. The summed E-state index contributed by atoms with van der Waals surface area (Å²) >= 11 is 0. The van der Waals surface area contributed by atoms with E-state index >= 15 is 0 Å². The second-order valence-corrected chi connectivity index (χ2v) is 5.72. The van der Waals surface area contributed by atoms with E-state index in [4.69, 9.17) is 9.47 Å². The van der Waals surface area contributed by atoms with Gasteiger partial charge in [0.2, 0.25) is 0 Å². The quantitative estimate of drug-likeness (QED) is 0.881. The number of hydrogen-bond donors (Lipinski definition) is 1. The lowest BCUT2D eigenvalue weighted by molar-refractivity contribution is -0.143. The van der Waals surface area contributed by atoms with Crippen LogP contribution in [0.3, 0.4) is 0 Å². The summed E-state index contributed by atoms with van der Waals surface area (Å²) < 4.78 is 10.4. The minimum Gasteiger partial charge on any atom is -0.469 e. The van der Waals surface area contributed by atoms with E-state index in [1.807, 2.05) is 18.2 Å². The van der Waals surface area contributed by atoms with Crippen molar-refractivity contribution < 1.29 is 14.3 Å². The monoisotopic (exact) mass is 299 g/mol. The molecule has 3 atom stereocenters. The standard InChI is InChI=1S/C18H21NO3/c1-21-15-10-16(19-11-15)17(18(20)22-2)14-8-7-12-5-3-4-6-13(12)9-14/h3-9,15-17,19H,10-11H2,1-2H3/t15-,16+,17?/m1/s1. The van der Waals surface area contributed by atoms with Crippen LogP contribution in [-0.2, 0) is 14.3 Å². The molecule has 116 valence electrons. The minimum atomic E-state index is -0.310. The molecule has 1 heterocycles. The Morgan fingerprint density at radius 1 is 1.18 bits per heavy atom. The van der Waals surface area contributed by atoms with E-state index in [1.54, 1.807) is 7.11 Å². The summed E-state index contributed by atoms with van der Waals surface area (Å²) in [7, 11) is 3.15. The topological polar surface area (TPSA) is 47.6 Å². The molecule has 0 amide bonds. The van der Waals surface area contributed by atoms with Gasteiger partial charge in [-0.05, 0) is 22.8 Å². The van der Waals surface area contributed by atoms with E-state index in [0.29, 0.717) is 0 Å². The number of benzene rings is 2. The number of fused-ring (bicyclic) bond motifs is 1. The van der Waals surface area contributed by atoms with Crippen LogP contribution >= 0.6 is 0 Å². The fourth-order valence-electron chi connectivity index (χ4n) is 3.23. The van der Waals surface area contributed by atoms with E-state index in [1.165, 1.54) is 12.5 Å². The van der Waals surface area contributed by atoms with E-state index in [2.05, 4.69) is 29.6 Å². The molecule has 4 nitrogen and oxygen atoms in total. The van der Waals surface area contributed by atoms with E-state index < -0.39 is 0 Å². The maximum atomic E-state index is 12.3. The number of esters is 1. The molecule has 1 aliphatic rings. The van der Waals surface area contributed by atoms with Gasteiger partial charge in [0.05, 0.1) is 19.1 Å². The largest absolute Gasteiger partial charge is 0.469 e. The van der Waals surface area contributed by atoms with Crippen LogP contribution in [0.1, 0.15) is 17.9 Å². The summed E-state index contributed by atoms with van der Waals surface area (Å²) in [4.78, 5) is 12.3. The van der Waals surface area contributed by atoms with Gasteiger partial charge in [0.25, 0.3) is 0 Å². The van der Waals surface area contributed by atoms with Gasteiger partial charge in [-0.15, -0.1) is 0 Å². The Balaban J connectivity index is 1.95. The van der Waals surface area contributed by atoms with Crippen molar-refractivity contribution in [2.24, 2.45) is 0 Å². The summed E-state index contributed by atoms with van der Waals surface area (Å²) in [6.45, 7) is 0.766. The lowest BCUT2D eigenvalue weighted by Crippen LogP contribution is -2.34. The van der Waals surface area contributed by atoms with Crippen LogP contribution in [0.2, 0.25) is 0 Å². The third-order valence-electron chi connectivity index (χ3n) is 4.45. The van der Waals surface area contributed by atoms with Crippen LogP contribution in [-0.4, -0.2) is 38.9 Å². The molecule has 2 aromatic rings. The first-order chi connectivity index (χ1) is 10.7. The zero-order valence-electron chi connectivity index (χ0n) is 12.9. The number of hydrogen-bond acceptors (Lipinski definition) is 4. The van der Waals surface area contributed by atoms with Gasteiger partial charge in [-0.1, -0.05) is 42.5 Å². The van der Waals surface area contributed by atoms with Gasteiger partial charge in [0, 0.05) is 19.7 Å². The summed E-state index contributed by atoms with van der Waals surface area (Å²) in [5.41, 5.74) is 0.986. The summed E-state index contributed by atoms with van der Waals surface area (Å²) in [6, 6.07) is 14.4. The van der Waals surface area contributed by atoms with Gasteiger partial charge in [-0.25, -0.2) is 0 Å². The normalized spacial score (nSPS) is 22.6. The number of nitrogens with one attached hydrogen (secondary N) is 1. The Bertz CT molecular complexity index is 670. The third kappa shape index (κ3) is 2.85. The highest BCUT2D eigenvalue weighted by molar-refractivity contribution is 5.86. The number of methoxy groups -OCH3 is 2. The van der Waals surface area contributed by atoms with E-state index in [9.17, 15) is 4.79 Å². The van der Waals surface area contributed by atoms with Gasteiger partial charge in [-0.2, -0.15) is 0 Å². The molecule has 2 aromatic carbocycles. The van der Waals surface area contributed by atoms with E-state index in [-0.39, 0.29) is 24.0 Å². The van der Waals surface area contributed by atoms with Crippen molar-refractivity contribution in [1.82, 2.24) is 5.32 Å². The molecular weight excluding hydrogens is 278 g/mol. The average Bonchev–Trinajstić information content (AvgIpc) is 3.03. The second kappa shape index (κ2) is 6.46. The van der Waals surface area contributed by atoms with Crippen molar-refractivity contribution in [3.05, 3.63) is 48.0 Å². The molecule has 4 heteroatoms. The summed E-state index contributed by atoms with van der Waals surface area (Å²) in [5.74, 6) is -0.515. The summed E-state index contributed by atoms with van der Waals surface area (Å²) in [5, 5.41) is 5.70. The van der Waals surface area contributed by atoms with Gasteiger partial charge in [0.15, 0.2) is 0 Å². The van der Waals surface area contributed by atoms with Crippen LogP contribution in [0.5, 0.6) is 0 Å². The SMILES string of the molecule is COC(=O)C(c1ccc2ccccc2c1)[C@@H]1C[C@@H](OC)CN1. The van der Waals surface area contributed by atoms with Crippen molar-refractivity contribution in [3.8, 4) is 0 Å². The smallest absolute Gasteiger partial charge is 0.314 e. The van der Waals surface area contributed by atoms with Crippen molar-refractivity contribution in [1.29, 1.82) is 0 Å². The first kappa shape index (κ1) is 15.0. The molecule has 3 rings (SSSR count). The molecule has 0 saturated carbocycles. The Kier molecular flexibility index (Phi) is 4.41. The molecule has 1 fully saturated rings. The third-order valence-corrected chi connectivity index (χ3v) is 4.45. The average molecular weight is 299 g/mol. The van der Waals surface area contributed by atoms with Gasteiger partial charge < -0.3 is 14.8 Å². The molecule has 1 saturated heterocycles. The van der Waals surface area contributed by atoms with Crippen molar-refractivity contribution in [3.63, 3.8) is 0 Å². The number of ether oxygens (including phenoxy) is 2. The number of carbonyl (C=O) groups is 1. The molecule has 0 spiro atoms. The highest BCUT2D eigenvalue weighted by atomic mass is 16.5. The maximum absolute atomic E-state index is 12.3. The highest BCUT2D eigenvalue weighted by Crippen LogP contribution is 2.30. The minimum absolute atomic E-state index is 0.0403. The van der Waals surface area contributed by atoms with Crippen molar-refractivity contribution in [2.75, 3.05) is 20.8 Å². The Morgan fingerprint density at radius 2 is 1.95 bits per heavy atom.